The first-order valence-corrected chi connectivity index (χ1v) is 10.5. The van der Waals surface area contributed by atoms with Gasteiger partial charge in [0.15, 0.2) is 0 Å². The Hall–Kier alpha value is -3.49. The lowest BCUT2D eigenvalue weighted by molar-refractivity contribution is -0.504. The third kappa shape index (κ3) is 4.27. The topological polar surface area (TPSA) is 62.8 Å². The predicted octanol–water partition coefficient (Wildman–Crippen LogP) is 4.66. The van der Waals surface area contributed by atoms with E-state index >= 15 is 0 Å². The molecule has 9 heteroatoms. The van der Waals surface area contributed by atoms with Crippen LogP contribution in [0.2, 0.25) is 0 Å². The summed E-state index contributed by atoms with van der Waals surface area (Å²) in [5.41, 5.74) is 3.37. The van der Waals surface area contributed by atoms with Crippen LogP contribution in [0.25, 0.3) is 16.6 Å². The van der Waals surface area contributed by atoms with Gasteiger partial charge < -0.3 is 4.57 Å². The van der Waals surface area contributed by atoms with E-state index in [1.54, 1.807) is 31.5 Å². The average Bonchev–Trinajstić information content (AvgIpc) is 3.03. The number of rotatable bonds is 3. The minimum absolute atomic E-state index is 0.0344. The Morgan fingerprint density at radius 2 is 1.85 bits per heavy atom. The SMILES string of the molecule is CC1=C(c2cc(C(=O)Nc3nc4ccc(C)cc4n3C)cc(C)n2)C(C(F)(F)F)=[N+](C)CC1. The van der Waals surface area contributed by atoms with Gasteiger partial charge in [0.05, 0.1) is 22.3 Å². The van der Waals surface area contributed by atoms with E-state index in [0.717, 1.165) is 16.6 Å². The number of hydrogen-bond acceptors (Lipinski definition) is 3. The molecular weight excluding hydrogens is 431 g/mol. The number of carbonyl (C=O) groups is 1. The van der Waals surface area contributed by atoms with Crippen LogP contribution in [-0.4, -0.2) is 50.5 Å². The molecular formula is C24H25F3N5O+. The van der Waals surface area contributed by atoms with Crippen molar-refractivity contribution in [1.82, 2.24) is 14.5 Å². The number of aromatic nitrogens is 3. The highest BCUT2D eigenvalue weighted by atomic mass is 19.4. The van der Waals surface area contributed by atoms with E-state index < -0.39 is 17.8 Å². The van der Waals surface area contributed by atoms with Gasteiger partial charge in [-0.1, -0.05) is 11.6 Å². The van der Waals surface area contributed by atoms with Gasteiger partial charge in [-0.25, -0.2) is 9.56 Å². The summed E-state index contributed by atoms with van der Waals surface area (Å²) < 4.78 is 44.6. The molecule has 4 rings (SSSR count). The Balaban J connectivity index is 1.74. The third-order valence-corrected chi connectivity index (χ3v) is 5.87. The van der Waals surface area contributed by atoms with E-state index in [1.807, 2.05) is 25.1 Å². The number of benzene rings is 1. The summed E-state index contributed by atoms with van der Waals surface area (Å²) in [6.45, 7) is 5.58. The number of anilines is 1. The lowest BCUT2D eigenvalue weighted by atomic mass is 9.93. The maximum atomic E-state index is 13.9. The summed E-state index contributed by atoms with van der Waals surface area (Å²) in [4.78, 5) is 21.9. The smallest absolute Gasteiger partial charge is 0.313 e. The van der Waals surface area contributed by atoms with Crippen molar-refractivity contribution in [2.75, 3.05) is 18.9 Å². The Labute approximate surface area is 189 Å². The van der Waals surface area contributed by atoms with Gasteiger partial charge >= 0.3 is 6.18 Å². The molecule has 2 aromatic heterocycles. The molecule has 0 radical (unpaired) electrons. The predicted molar refractivity (Wildman–Crippen MR) is 122 cm³/mol. The first-order chi connectivity index (χ1) is 15.5. The van der Waals surface area contributed by atoms with Crippen LogP contribution in [0.4, 0.5) is 19.1 Å². The quantitative estimate of drug-likeness (QED) is 0.583. The van der Waals surface area contributed by atoms with E-state index in [9.17, 15) is 18.0 Å². The zero-order valence-electron chi connectivity index (χ0n) is 19.1. The molecule has 1 aliphatic rings. The number of allylic oxidation sites excluding steroid dienone is 1. The molecule has 3 aromatic rings. The number of alkyl halides is 3. The molecule has 3 heterocycles. The molecule has 0 saturated heterocycles. The summed E-state index contributed by atoms with van der Waals surface area (Å²) >= 11 is 0. The molecule has 1 amide bonds. The van der Waals surface area contributed by atoms with Crippen molar-refractivity contribution in [1.29, 1.82) is 0 Å². The molecule has 0 unspecified atom stereocenters. The van der Waals surface area contributed by atoms with Gasteiger partial charge in [-0.2, -0.15) is 13.2 Å². The molecule has 1 aliphatic heterocycles. The zero-order chi connectivity index (χ0) is 24.1. The largest absolute Gasteiger partial charge is 0.477 e. The summed E-state index contributed by atoms with van der Waals surface area (Å²) in [7, 11) is 3.22. The van der Waals surface area contributed by atoms with Crippen molar-refractivity contribution >= 4 is 34.2 Å². The van der Waals surface area contributed by atoms with Crippen molar-refractivity contribution < 1.29 is 22.5 Å². The minimum atomic E-state index is -4.54. The molecule has 0 aliphatic carbocycles. The summed E-state index contributed by atoms with van der Waals surface area (Å²) in [6, 6.07) is 8.75. The molecule has 0 atom stereocenters. The van der Waals surface area contributed by atoms with E-state index in [1.165, 1.54) is 17.7 Å². The fraction of sp³-hybridized carbons (Fsp3) is 0.333. The van der Waals surface area contributed by atoms with Crippen LogP contribution in [0, 0.1) is 13.8 Å². The Kier molecular flexibility index (Phi) is 5.59. The number of imidazole rings is 1. The highest BCUT2D eigenvalue weighted by Crippen LogP contribution is 2.33. The number of aryl methyl sites for hydroxylation is 3. The second-order valence-corrected chi connectivity index (χ2v) is 8.50. The maximum absolute atomic E-state index is 13.9. The second kappa shape index (κ2) is 8.13. The fourth-order valence-corrected chi connectivity index (χ4v) is 4.18. The van der Waals surface area contributed by atoms with Crippen molar-refractivity contribution in [3.8, 4) is 0 Å². The number of fused-ring (bicyclic) bond motifs is 1. The van der Waals surface area contributed by atoms with Crippen molar-refractivity contribution in [3.63, 3.8) is 0 Å². The molecule has 0 saturated carbocycles. The monoisotopic (exact) mass is 456 g/mol. The van der Waals surface area contributed by atoms with Crippen LogP contribution < -0.4 is 5.32 Å². The lowest BCUT2D eigenvalue weighted by Gasteiger charge is -2.20. The van der Waals surface area contributed by atoms with Crippen LogP contribution in [-0.2, 0) is 7.05 Å². The highest BCUT2D eigenvalue weighted by Gasteiger charge is 2.48. The lowest BCUT2D eigenvalue weighted by Crippen LogP contribution is -2.37. The summed E-state index contributed by atoms with van der Waals surface area (Å²) in [5, 5.41) is 2.78. The summed E-state index contributed by atoms with van der Waals surface area (Å²) in [5.74, 6) is -0.111. The van der Waals surface area contributed by atoms with Crippen LogP contribution in [0.1, 0.15) is 40.7 Å². The number of nitrogens with one attached hydrogen (secondary N) is 1. The highest BCUT2D eigenvalue weighted by molar-refractivity contribution is 6.25. The Bertz CT molecular complexity index is 1350. The van der Waals surface area contributed by atoms with Gasteiger partial charge in [0.1, 0.15) is 13.6 Å². The number of carbonyl (C=O) groups excluding carboxylic acids is 1. The van der Waals surface area contributed by atoms with Crippen molar-refractivity contribution in [3.05, 3.63) is 58.4 Å². The number of amides is 1. The first-order valence-electron chi connectivity index (χ1n) is 10.5. The minimum Gasteiger partial charge on any atom is -0.313 e. The van der Waals surface area contributed by atoms with Gasteiger partial charge in [0.25, 0.3) is 11.6 Å². The molecule has 172 valence electrons. The third-order valence-electron chi connectivity index (χ3n) is 5.87. The van der Waals surface area contributed by atoms with E-state index in [2.05, 4.69) is 15.3 Å². The standard InChI is InChI=1S/C24H24F3N5O/c1-13-6-7-17-19(10-13)32(5)23(29-17)30-22(33)16-11-15(3)28-18(12-16)20-14(2)8-9-31(4)21(20)24(25,26)27/h6-7,10-12H,8-9H2,1-5H3/p+1. The van der Waals surface area contributed by atoms with Gasteiger partial charge in [-0.3, -0.25) is 15.1 Å². The van der Waals surface area contributed by atoms with Crippen LogP contribution >= 0.6 is 0 Å². The molecule has 6 nitrogen and oxygen atoms in total. The molecule has 0 fully saturated rings. The molecule has 1 N–H and O–H groups in total. The number of pyridine rings is 1. The number of hydrogen-bond donors (Lipinski definition) is 1. The van der Waals surface area contributed by atoms with E-state index in [4.69, 9.17) is 0 Å². The Morgan fingerprint density at radius 1 is 1.12 bits per heavy atom. The van der Waals surface area contributed by atoms with Crippen LogP contribution in [0.15, 0.2) is 35.9 Å². The average molecular weight is 456 g/mol. The molecule has 0 spiro atoms. The fourth-order valence-electron chi connectivity index (χ4n) is 4.18. The van der Waals surface area contributed by atoms with Gasteiger partial charge in [0.2, 0.25) is 5.95 Å². The van der Waals surface area contributed by atoms with Gasteiger partial charge in [-0.15, -0.1) is 0 Å². The number of halogens is 3. The van der Waals surface area contributed by atoms with Crippen LogP contribution in [0.3, 0.4) is 0 Å². The number of nitrogens with zero attached hydrogens (tertiary/aromatic N) is 4. The van der Waals surface area contributed by atoms with E-state index in [-0.39, 0.29) is 23.4 Å². The maximum Gasteiger partial charge on any atom is 0.477 e. The zero-order valence-corrected chi connectivity index (χ0v) is 19.1. The van der Waals surface area contributed by atoms with Crippen molar-refractivity contribution in [2.45, 2.75) is 33.4 Å². The normalized spacial score (nSPS) is 14.9. The second-order valence-electron chi connectivity index (χ2n) is 8.50. The van der Waals surface area contributed by atoms with Crippen molar-refractivity contribution in [2.24, 2.45) is 7.05 Å². The van der Waals surface area contributed by atoms with E-state index in [0.29, 0.717) is 23.6 Å². The molecule has 33 heavy (non-hydrogen) atoms. The molecule has 0 bridgehead atoms. The molecule has 1 aromatic carbocycles. The van der Waals surface area contributed by atoms with Gasteiger partial charge in [-0.05, 0) is 50.6 Å². The van der Waals surface area contributed by atoms with Crippen LogP contribution in [0.5, 0.6) is 0 Å². The Morgan fingerprint density at radius 3 is 2.55 bits per heavy atom. The summed E-state index contributed by atoms with van der Waals surface area (Å²) in [6.07, 6.45) is -4.05. The van der Waals surface area contributed by atoms with Gasteiger partial charge in [0, 0.05) is 24.7 Å². The first kappa shape index (κ1) is 22.7.